The number of hydrogen-bond donors (Lipinski definition) is 3. The normalized spacial score (nSPS) is 14.6. The van der Waals surface area contributed by atoms with Crippen molar-refractivity contribution in [2.24, 2.45) is 5.73 Å². The average Bonchev–Trinajstić information content (AvgIpc) is 1.60. The van der Waals surface area contributed by atoms with E-state index in [2.05, 4.69) is 0 Å². The second-order valence-corrected chi connectivity index (χ2v) is 4.83. The molecule has 0 aliphatic carbocycles. The summed E-state index contributed by atoms with van der Waals surface area (Å²) in [6.45, 7) is 0. The molecule has 1 atom stereocenters. The van der Waals surface area contributed by atoms with Crippen LogP contribution in [0.3, 0.4) is 0 Å². The van der Waals surface area contributed by atoms with Crippen molar-refractivity contribution in [1.82, 2.24) is 0 Å². The Morgan fingerprint density at radius 2 is 2.00 bits per heavy atom. The van der Waals surface area contributed by atoms with Gasteiger partial charge in [0.1, 0.15) is 0 Å². The van der Waals surface area contributed by atoms with E-state index < -0.39 is 30.4 Å². The van der Waals surface area contributed by atoms with E-state index in [1.165, 1.54) is 0 Å². The van der Waals surface area contributed by atoms with Crippen LogP contribution in [-0.2, 0) is 12.5 Å². The van der Waals surface area contributed by atoms with Gasteiger partial charge >= 0.3 is 57.9 Å². The van der Waals surface area contributed by atoms with Gasteiger partial charge in [0, 0.05) is 0 Å². The van der Waals surface area contributed by atoms with Crippen molar-refractivity contribution < 1.29 is 21.8 Å². The van der Waals surface area contributed by atoms with E-state index in [0.717, 1.165) is 0 Å². The molecule has 0 aliphatic rings. The van der Waals surface area contributed by atoms with Crippen molar-refractivity contribution in [2.75, 3.05) is 0 Å². The summed E-state index contributed by atoms with van der Waals surface area (Å²) in [5.74, 6) is -1.44. The van der Waals surface area contributed by atoms with Crippen LogP contribution in [0.15, 0.2) is 0 Å². The molecule has 0 aromatic heterocycles. The Bertz CT molecular complexity index is 219. The number of hydrogen-bond acceptors (Lipinski definition) is 4. The second-order valence-electron chi connectivity index (χ2n) is 1.69. The number of aliphatic carboxylic acids is 1. The van der Waals surface area contributed by atoms with Crippen LogP contribution in [0.5, 0.6) is 0 Å². The van der Waals surface area contributed by atoms with Crippen LogP contribution in [0.25, 0.3) is 0 Å². The summed E-state index contributed by atoms with van der Waals surface area (Å²) >= 11 is -4.95. The molecule has 0 saturated carbocycles. The molecule has 4 N–H and O–H groups in total. The van der Waals surface area contributed by atoms with Crippen molar-refractivity contribution in [3.63, 3.8) is 0 Å². The molecule has 0 aliphatic heterocycles. The van der Waals surface area contributed by atoms with Crippen molar-refractivity contribution >= 4 is 19.0 Å². The Hall–Kier alpha value is -0.491. The van der Waals surface area contributed by atoms with Crippen LogP contribution in [-0.4, -0.2) is 34.3 Å². The molecule has 60 valence electrons. The van der Waals surface area contributed by atoms with Crippen molar-refractivity contribution in [3.8, 4) is 0 Å². The molecule has 0 amide bonds. The summed E-state index contributed by atoms with van der Waals surface area (Å²) < 4.78 is 28.2. The molecule has 0 bridgehead atoms. The van der Waals surface area contributed by atoms with Crippen LogP contribution in [0.2, 0.25) is 5.32 Å². The summed E-state index contributed by atoms with van der Waals surface area (Å²) in [5, 5.41) is 7.17. The van der Waals surface area contributed by atoms with Gasteiger partial charge in [0.15, 0.2) is 0 Å². The van der Waals surface area contributed by atoms with Gasteiger partial charge in [0.25, 0.3) is 0 Å². The molecular formula is C3H7NO5Se. The minimum absolute atomic E-state index is 0.883. The standard InChI is InChI=1S/C3H7NO5Se/c4-2(3(5)6)1-10(7,8)9/h2H,1,4H2,(H,5,6)(H,7,8,9)/t2-/m0/s1. The van der Waals surface area contributed by atoms with Gasteiger partial charge in [-0.05, 0) is 0 Å². The van der Waals surface area contributed by atoms with Gasteiger partial charge in [-0.3, -0.25) is 0 Å². The average molecular weight is 216 g/mol. The first kappa shape index (κ1) is 9.51. The zero-order valence-corrected chi connectivity index (χ0v) is 6.60. The Morgan fingerprint density at radius 3 is 2.10 bits per heavy atom. The molecule has 0 heterocycles. The zero-order valence-electron chi connectivity index (χ0n) is 4.89. The maximum absolute atomic E-state index is 10.0. The van der Waals surface area contributed by atoms with Crippen molar-refractivity contribution in [2.45, 2.75) is 11.4 Å². The van der Waals surface area contributed by atoms with E-state index in [9.17, 15) is 12.5 Å². The molecular weight excluding hydrogens is 209 g/mol. The Labute approximate surface area is 58.6 Å². The van der Waals surface area contributed by atoms with Crippen LogP contribution in [0, 0.1) is 0 Å². The summed E-state index contributed by atoms with van der Waals surface area (Å²) in [5.41, 5.74) is 4.78. The fraction of sp³-hybridized carbons (Fsp3) is 0.667. The molecule has 6 nitrogen and oxygen atoms in total. The summed E-state index contributed by atoms with van der Waals surface area (Å²) in [6.07, 6.45) is 0. The SMILES string of the molecule is N[C@@H](C[Se](=O)(=O)O)C(=O)O. The van der Waals surface area contributed by atoms with E-state index in [0.29, 0.717) is 0 Å². The number of carboxylic acid groups (broad SMARTS) is 1. The summed E-state index contributed by atoms with van der Waals surface area (Å²) in [6, 6.07) is -1.53. The van der Waals surface area contributed by atoms with Crippen LogP contribution < -0.4 is 5.73 Å². The van der Waals surface area contributed by atoms with Gasteiger partial charge in [-0.25, -0.2) is 0 Å². The van der Waals surface area contributed by atoms with Gasteiger partial charge in [-0.1, -0.05) is 0 Å². The summed E-state index contributed by atoms with van der Waals surface area (Å²) in [4.78, 5) is 9.89. The molecule has 0 aromatic carbocycles. The molecule has 0 aromatic rings. The second kappa shape index (κ2) is 3.07. The molecule has 0 fully saturated rings. The number of rotatable bonds is 3. The van der Waals surface area contributed by atoms with E-state index in [-0.39, 0.29) is 0 Å². The molecule has 7 heteroatoms. The first-order valence-corrected chi connectivity index (χ1v) is 5.64. The van der Waals surface area contributed by atoms with Crippen LogP contribution >= 0.6 is 0 Å². The molecule has 10 heavy (non-hydrogen) atoms. The molecule has 0 radical (unpaired) electrons. The molecule has 0 saturated heterocycles. The van der Waals surface area contributed by atoms with Crippen molar-refractivity contribution in [3.05, 3.63) is 0 Å². The Balaban J connectivity index is 4.06. The van der Waals surface area contributed by atoms with Gasteiger partial charge in [0.2, 0.25) is 0 Å². The molecule has 0 rings (SSSR count). The predicted molar refractivity (Wildman–Crippen MR) is 29.8 cm³/mol. The Morgan fingerprint density at radius 1 is 1.60 bits per heavy atom. The minimum atomic E-state index is -4.95. The van der Waals surface area contributed by atoms with E-state index >= 15 is 0 Å². The van der Waals surface area contributed by atoms with Gasteiger partial charge in [-0.2, -0.15) is 0 Å². The topological polar surface area (TPSA) is 118 Å². The number of nitrogens with two attached hydrogens (primary N) is 1. The fourth-order valence-corrected chi connectivity index (χ4v) is 1.55. The van der Waals surface area contributed by atoms with Crippen LogP contribution in [0.4, 0.5) is 0 Å². The Kier molecular flexibility index (Phi) is 2.92. The third-order valence-corrected chi connectivity index (χ3v) is 2.34. The van der Waals surface area contributed by atoms with Gasteiger partial charge < -0.3 is 0 Å². The van der Waals surface area contributed by atoms with Crippen LogP contribution in [0.1, 0.15) is 0 Å². The zero-order chi connectivity index (χ0) is 8.36. The van der Waals surface area contributed by atoms with Crippen molar-refractivity contribution in [1.29, 1.82) is 0 Å². The van der Waals surface area contributed by atoms with Gasteiger partial charge in [-0.15, -0.1) is 0 Å². The summed E-state index contributed by atoms with van der Waals surface area (Å²) in [7, 11) is 0. The maximum atomic E-state index is 10.0. The fourth-order valence-electron chi connectivity index (χ4n) is 0.298. The van der Waals surface area contributed by atoms with E-state index in [1.807, 2.05) is 0 Å². The third kappa shape index (κ3) is 4.39. The monoisotopic (exact) mass is 217 g/mol. The number of carbonyl (C=O) groups is 1. The first-order valence-electron chi connectivity index (χ1n) is 2.26. The number of carboxylic acids is 1. The molecule has 0 unspecified atom stereocenters. The van der Waals surface area contributed by atoms with Gasteiger partial charge in [0.05, 0.1) is 0 Å². The quantitative estimate of drug-likeness (QED) is 0.478. The van der Waals surface area contributed by atoms with E-state index in [4.69, 9.17) is 15.0 Å². The predicted octanol–water partition coefficient (Wildman–Crippen LogP) is -1.81. The third-order valence-electron chi connectivity index (χ3n) is 0.707. The molecule has 0 spiro atoms. The first-order chi connectivity index (χ1) is 4.33. The van der Waals surface area contributed by atoms with E-state index in [1.54, 1.807) is 0 Å².